The summed E-state index contributed by atoms with van der Waals surface area (Å²) < 4.78 is 5.70. The van der Waals surface area contributed by atoms with Crippen LogP contribution in [0.4, 0.5) is 0 Å². The molecule has 0 aliphatic heterocycles. The average molecular weight is 280 g/mol. The number of hydrogen-bond donors (Lipinski definition) is 2. The summed E-state index contributed by atoms with van der Waals surface area (Å²) >= 11 is 0. The lowest BCUT2D eigenvalue weighted by Gasteiger charge is -2.09. The van der Waals surface area contributed by atoms with E-state index in [1.165, 1.54) is 25.8 Å². The highest BCUT2D eigenvalue weighted by Crippen LogP contribution is 2.14. The Kier molecular flexibility index (Phi) is 9.99. The first-order valence-electron chi connectivity index (χ1n) is 7.22. The Morgan fingerprint density at radius 2 is 1.70 bits per heavy atom. The zero-order chi connectivity index (χ0) is 15.4. The highest BCUT2D eigenvalue weighted by molar-refractivity contribution is 5.13. The molecule has 0 saturated heterocycles. The van der Waals surface area contributed by atoms with Crippen molar-refractivity contribution < 1.29 is 14.9 Å². The van der Waals surface area contributed by atoms with Crippen LogP contribution in [-0.4, -0.2) is 22.1 Å². The van der Waals surface area contributed by atoms with Crippen molar-refractivity contribution >= 4 is 0 Å². The van der Waals surface area contributed by atoms with Crippen molar-refractivity contribution in [1.82, 2.24) is 0 Å². The molecule has 3 heteroatoms. The topological polar surface area (TPSA) is 49.7 Å². The number of hydrogen-bond acceptors (Lipinski definition) is 3. The Bertz CT molecular complexity index is 346. The molecule has 1 atom stereocenters. The molecule has 0 aromatic heterocycles. The van der Waals surface area contributed by atoms with Gasteiger partial charge in [0.15, 0.2) is 5.79 Å². The minimum Gasteiger partial charge on any atom is -0.369 e. The smallest absolute Gasteiger partial charge is 0.156 e. The van der Waals surface area contributed by atoms with Gasteiger partial charge in [-0.05, 0) is 32.3 Å². The third-order valence-electron chi connectivity index (χ3n) is 2.28. The fourth-order valence-corrected chi connectivity index (χ4v) is 1.52. The minimum absolute atomic E-state index is 0.347. The van der Waals surface area contributed by atoms with Crippen molar-refractivity contribution in [3.63, 3.8) is 0 Å². The van der Waals surface area contributed by atoms with Gasteiger partial charge < -0.3 is 14.9 Å². The number of benzene rings is 1. The number of aliphatic hydroxyl groups is 2. The van der Waals surface area contributed by atoms with E-state index in [1.807, 2.05) is 32.0 Å². The summed E-state index contributed by atoms with van der Waals surface area (Å²) in [5.74, 6) is -1.50. The van der Waals surface area contributed by atoms with Crippen molar-refractivity contribution in [3.8, 4) is 0 Å². The lowest BCUT2D eigenvalue weighted by Crippen LogP contribution is -2.15. The van der Waals surface area contributed by atoms with Gasteiger partial charge in [0.2, 0.25) is 0 Å². The van der Waals surface area contributed by atoms with E-state index in [2.05, 4.69) is 24.3 Å². The minimum atomic E-state index is -1.50. The standard InChI is InChI=1S/C12H14O.C3H8O2.C2H6/c1-2-6-11(7-3-1)10-13-12-8-4-5-9-12;1-3(2,4)5;1-2/h1-4,6-8,12H,5,9-10H2;4-5H,1-2H3;1-2H3. The molecule has 0 heterocycles. The molecule has 2 rings (SSSR count). The largest absolute Gasteiger partial charge is 0.369 e. The quantitative estimate of drug-likeness (QED) is 0.656. The van der Waals surface area contributed by atoms with Crippen LogP contribution < -0.4 is 0 Å². The summed E-state index contributed by atoms with van der Waals surface area (Å²) in [5, 5.41) is 16.2. The Morgan fingerprint density at radius 1 is 1.15 bits per heavy atom. The Morgan fingerprint density at radius 3 is 2.15 bits per heavy atom. The van der Waals surface area contributed by atoms with Crippen LogP contribution in [0, 0.1) is 0 Å². The first-order valence-corrected chi connectivity index (χ1v) is 7.22. The Labute approximate surface area is 122 Å². The van der Waals surface area contributed by atoms with Crippen LogP contribution in [0.1, 0.15) is 46.1 Å². The van der Waals surface area contributed by atoms with Crippen LogP contribution in [0.3, 0.4) is 0 Å². The van der Waals surface area contributed by atoms with E-state index in [1.54, 1.807) is 0 Å². The number of rotatable bonds is 3. The van der Waals surface area contributed by atoms with Crippen LogP contribution in [0.2, 0.25) is 0 Å². The van der Waals surface area contributed by atoms with Crippen molar-refractivity contribution in [2.75, 3.05) is 0 Å². The highest BCUT2D eigenvalue weighted by atomic mass is 16.5. The van der Waals surface area contributed by atoms with Crippen LogP contribution in [0.25, 0.3) is 0 Å². The van der Waals surface area contributed by atoms with E-state index < -0.39 is 5.79 Å². The normalized spacial score (nSPS) is 16.8. The van der Waals surface area contributed by atoms with E-state index >= 15 is 0 Å². The van der Waals surface area contributed by atoms with Gasteiger partial charge in [0.1, 0.15) is 0 Å². The fraction of sp³-hybridized carbons (Fsp3) is 0.529. The predicted molar refractivity (Wildman–Crippen MR) is 83.3 cm³/mol. The van der Waals surface area contributed by atoms with E-state index in [4.69, 9.17) is 14.9 Å². The Hall–Kier alpha value is -1.16. The van der Waals surface area contributed by atoms with Gasteiger partial charge in [-0.1, -0.05) is 56.3 Å². The van der Waals surface area contributed by atoms with Crippen LogP contribution in [0.5, 0.6) is 0 Å². The maximum absolute atomic E-state index is 8.08. The molecule has 0 fully saturated rings. The molecule has 0 amide bonds. The summed E-state index contributed by atoms with van der Waals surface area (Å²) in [4.78, 5) is 0. The summed E-state index contributed by atoms with van der Waals surface area (Å²) in [6, 6.07) is 10.3. The fourth-order valence-electron chi connectivity index (χ4n) is 1.52. The van der Waals surface area contributed by atoms with Crippen LogP contribution >= 0.6 is 0 Å². The van der Waals surface area contributed by atoms with Crippen molar-refractivity contribution in [1.29, 1.82) is 0 Å². The maximum atomic E-state index is 8.08. The summed E-state index contributed by atoms with van der Waals surface area (Å²) in [7, 11) is 0. The van der Waals surface area contributed by atoms with E-state index in [0.29, 0.717) is 6.10 Å². The van der Waals surface area contributed by atoms with E-state index in [9.17, 15) is 0 Å². The van der Waals surface area contributed by atoms with Crippen molar-refractivity contribution in [2.45, 2.75) is 59.0 Å². The molecule has 0 spiro atoms. The molecule has 1 unspecified atom stereocenters. The zero-order valence-electron chi connectivity index (χ0n) is 13.0. The van der Waals surface area contributed by atoms with Crippen molar-refractivity contribution in [2.24, 2.45) is 0 Å². The monoisotopic (exact) mass is 280 g/mol. The maximum Gasteiger partial charge on any atom is 0.156 e. The average Bonchev–Trinajstić information content (AvgIpc) is 2.91. The molecular formula is C17H28O3. The zero-order valence-corrected chi connectivity index (χ0v) is 13.0. The second-order valence-corrected chi connectivity index (χ2v) is 4.83. The molecule has 20 heavy (non-hydrogen) atoms. The van der Waals surface area contributed by atoms with Gasteiger partial charge >= 0.3 is 0 Å². The first-order chi connectivity index (χ1) is 9.45. The van der Waals surface area contributed by atoms with E-state index in [0.717, 1.165) is 13.0 Å². The van der Waals surface area contributed by atoms with Crippen LogP contribution in [-0.2, 0) is 11.3 Å². The lowest BCUT2D eigenvalue weighted by atomic mass is 10.2. The molecular weight excluding hydrogens is 252 g/mol. The predicted octanol–water partition coefficient (Wildman–Crippen LogP) is 3.66. The molecule has 1 aromatic rings. The second kappa shape index (κ2) is 10.6. The van der Waals surface area contributed by atoms with Gasteiger partial charge in [0.05, 0.1) is 12.7 Å². The van der Waals surface area contributed by atoms with Gasteiger partial charge in [0, 0.05) is 0 Å². The molecule has 1 aliphatic carbocycles. The van der Waals surface area contributed by atoms with Crippen molar-refractivity contribution in [3.05, 3.63) is 48.0 Å². The third-order valence-corrected chi connectivity index (χ3v) is 2.28. The van der Waals surface area contributed by atoms with Gasteiger partial charge in [-0.25, -0.2) is 0 Å². The lowest BCUT2D eigenvalue weighted by molar-refractivity contribution is -0.127. The highest BCUT2D eigenvalue weighted by Gasteiger charge is 2.08. The molecule has 1 aromatic carbocycles. The van der Waals surface area contributed by atoms with Gasteiger partial charge in [-0.3, -0.25) is 0 Å². The molecule has 0 saturated carbocycles. The molecule has 1 aliphatic rings. The van der Waals surface area contributed by atoms with Crippen LogP contribution in [0.15, 0.2) is 42.5 Å². The van der Waals surface area contributed by atoms with Gasteiger partial charge in [-0.2, -0.15) is 0 Å². The molecule has 0 bridgehead atoms. The molecule has 3 nitrogen and oxygen atoms in total. The molecule has 2 N–H and O–H groups in total. The van der Waals surface area contributed by atoms with E-state index in [-0.39, 0.29) is 0 Å². The third kappa shape index (κ3) is 11.9. The van der Waals surface area contributed by atoms with Gasteiger partial charge in [-0.15, -0.1) is 0 Å². The summed E-state index contributed by atoms with van der Waals surface area (Å²) in [5.41, 5.74) is 1.25. The molecule has 114 valence electrons. The van der Waals surface area contributed by atoms with Gasteiger partial charge in [0.25, 0.3) is 0 Å². The number of allylic oxidation sites excluding steroid dienone is 1. The molecule has 0 radical (unpaired) electrons. The Balaban J connectivity index is 0.000000441. The summed E-state index contributed by atoms with van der Waals surface area (Å²) in [6.07, 6.45) is 7.01. The first kappa shape index (κ1) is 18.8. The summed E-state index contributed by atoms with van der Waals surface area (Å²) in [6.45, 7) is 7.33. The SMILES string of the molecule is C1=CC(OCc2ccccc2)CC1.CC.CC(C)(O)O. The second-order valence-electron chi connectivity index (χ2n) is 4.83. The number of ether oxygens (including phenoxy) is 1.